The summed E-state index contributed by atoms with van der Waals surface area (Å²) in [6.45, 7) is 5.72. The minimum atomic E-state index is 0.0762. The van der Waals surface area contributed by atoms with Crippen LogP contribution in [0.2, 0.25) is 0 Å². The van der Waals surface area contributed by atoms with Gasteiger partial charge in [-0.05, 0) is 23.6 Å². The van der Waals surface area contributed by atoms with Gasteiger partial charge >= 0.3 is 0 Å². The second kappa shape index (κ2) is 8.95. The van der Waals surface area contributed by atoms with Crippen LogP contribution in [-0.4, -0.2) is 53.4 Å². The molecule has 28 heavy (non-hydrogen) atoms. The lowest BCUT2D eigenvalue weighted by atomic mass is 10.1. The van der Waals surface area contributed by atoms with Gasteiger partial charge < -0.3 is 10.2 Å². The highest BCUT2D eigenvalue weighted by atomic mass is 16.1. The topological polar surface area (TPSA) is 48.5 Å². The molecule has 3 aromatic rings. The van der Waals surface area contributed by atoms with E-state index in [0.717, 1.165) is 61.4 Å². The molecule has 4 rings (SSSR count). The molecule has 144 valence electrons. The van der Waals surface area contributed by atoms with Gasteiger partial charge in [-0.1, -0.05) is 42.5 Å². The lowest BCUT2D eigenvalue weighted by molar-refractivity contribution is -0.116. The van der Waals surface area contributed by atoms with Crippen LogP contribution < -0.4 is 5.32 Å². The van der Waals surface area contributed by atoms with E-state index in [1.54, 1.807) is 0 Å². The van der Waals surface area contributed by atoms with E-state index in [-0.39, 0.29) is 5.91 Å². The molecule has 2 aromatic carbocycles. The molecule has 1 fully saturated rings. The van der Waals surface area contributed by atoms with Crippen molar-refractivity contribution in [2.24, 2.45) is 0 Å². The Morgan fingerprint density at radius 1 is 0.893 bits per heavy atom. The number of pyridine rings is 1. The smallest absolute Gasteiger partial charge is 0.225 e. The normalized spacial score (nSPS) is 15.6. The molecule has 0 spiro atoms. The Morgan fingerprint density at radius 2 is 1.64 bits per heavy atom. The third-order valence-electron chi connectivity index (χ3n) is 5.30. The molecule has 0 bridgehead atoms. The maximum Gasteiger partial charge on any atom is 0.225 e. The summed E-state index contributed by atoms with van der Waals surface area (Å²) in [5.74, 6) is 0.0762. The van der Waals surface area contributed by atoms with Crippen LogP contribution >= 0.6 is 0 Å². The van der Waals surface area contributed by atoms with Crippen LogP contribution in [0.5, 0.6) is 0 Å². The van der Waals surface area contributed by atoms with E-state index in [0.29, 0.717) is 6.42 Å². The van der Waals surface area contributed by atoms with E-state index in [1.807, 2.05) is 48.7 Å². The van der Waals surface area contributed by atoms with E-state index >= 15 is 0 Å². The van der Waals surface area contributed by atoms with Gasteiger partial charge in [0.2, 0.25) is 5.91 Å². The van der Waals surface area contributed by atoms with Gasteiger partial charge in [0.05, 0.1) is 5.69 Å². The summed E-state index contributed by atoms with van der Waals surface area (Å²) < 4.78 is 0. The van der Waals surface area contributed by atoms with Crippen molar-refractivity contribution in [2.45, 2.75) is 13.0 Å². The summed E-state index contributed by atoms with van der Waals surface area (Å²) in [5, 5.41) is 5.31. The molecule has 1 aliphatic heterocycles. The molecular formula is C23H26N4O. The van der Waals surface area contributed by atoms with Gasteiger partial charge in [-0.15, -0.1) is 0 Å². The molecule has 2 heterocycles. The summed E-state index contributed by atoms with van der Waals surface area (Å²) in [5.41, 5.74) is 2.01. The zero-order chi connectivity index (χ0) is 19.2. The fraction of sp³-hybridized carbons (Fsp3) is 0.304. The fourth-order valence-corrected chi connectivity index (χ4v) is 3.70. The molecule has 1 saturated heterocycles. The minimum absolute atomic E-state index is 0.0762. The molecule has 5 nitrogen and oxygen atoms in total. The number of rotatable bonds is 6. The standard InChI is InChI=1S/C23H26N4O/c28-23(25-22-10-5-7-19-6-1-2-9-21(19)22)11-13-26-14-16-27(17-15-26)18-20-8-3-4-12-24-20/h1-10,12H,11,13-18H2,(H,25,28). The van der Waals surface area contributed by atoms with Crippen LogP contribution in [0.1, 0.15) is 12.1 Å². The lowest BCUT2D eigenvalue weighted by Gasteiger charge is -2.34. The van der Waals surface area contributed by atoms with Crippen LogP contribution in [0.25, 0.3) is 10.8 Å². The first-order valence-corrected chi connectivity index (χ1v) is 9.90. The number of carbonyl (C=O) groups excluding carboxylic acids is 1. The average molecular weight is 374 g/mol. The second-order valence-corrected chi connectivity index (χ2v) is 7.26. The molecule has 0 aliphatic carbocycles. The summed E-state index contributed by atoms with van der Waals surface area (Å²) >= 11 is 0. The number of piperazine rings is 1. The van der Waals surface area contributed by atoms with Crippen LogP contribution in [0.4, 0.5) is 5.69 Å². The predicted molar refractivity (Wildman–Crippen MR) is 113 cm³/mol. The molecule has 1 amide bonds. The highest BCUT2D eigenvalue weighted by Crippen LogP contribution is 2.23. The number of fused-ring (bicyclic) bond motifs is 1. The number of anilines is 1. The molecule has 0 saturated carbocycles. The van der Waals surface area contributed by atoms with Gasteiger partial charge in [-0.3, -0.25) is 14.7 Å². The molecule has 1 aliphatic rings. The molecule has 0 atom stereocenters. The number of carbonyl (C=O) groups is 1. The van der Waals surface area contributed by atoms with Gasteiger partial charge in [0.1, 0.15) is 0 Å². The van der Waals surface area contributed by atoms with Crippen molar-refractivity contribution >= 4 is 22.4 Å². The van der Waals surface area contributed by atoms with E-state index in [1.165, 1.54) is 0 Å². The van der Waals surface area contributed by atoms with E-state index in [2.05, 4.69) is 38.3 Å². The van der Waals surface area contributed by atoms with Crippen molar-refractivity contribution in [2.75, 3.05) is 38.0 Å². The van der Waals surface area contributed by atoms with Crippen LogP contribution in [0.3, 0.4) is 0 Å². The predicted octanol–water partition coefficient (Wildman–Crippen LogP) is 3.38. The number of aromatic nitrogens is 1. The highest BCUT2D eigenvalue weighted by molar-refractivity contribution is 6.02. The quantitative estimate of drug-likeness (QED) is 0.719. The van der Waals surface area contributed by atoms with Crippen molar-refractivity contribution in [3.8, 4) is 0 Å². The van der Waals surface area contributed by atoms with Crippen molar-refractivity contribution in [3.05, 3.63) is 72.6 Å². The van der Waals surface area contributed by atoms with Crippen molar-refractivity contribution in [3.63, 3.8) is 0 Å². The van der Waals surface area contributed by atoms with Crippen LogP contribution in [-0.2, 0) is 11.3 Å². The Kier molecular flexibility index (Phi) is 5.95. The van der Waals surface area contributed by atoms with Crippen molar-refractivity contribution in [1.29, 1.82) is 0 Å². The SMILES string of the molecule is O=C(CCN1CCN(Cc2ccccn2)CC1)Nc1cccc2ccccc12. The Hall–Kier alpha value is -2.76. The maximum atomic E-state index is 12.4. The Balaban J connectivity index is 1.23. The number of amides is 1. The minimum Gasteiger partial charge on any atom is -0.325 e. The number of hydrogen-bond acceptors (Lipinski definition) is 4. The van der Waals surface area contributed by atoms with Gasteiger partial charge in [0, 0.05) is 63.0 Å². The van der Waals surface area contributed by atoms with Crippen LogP contribution in [0, 0.1) is 0 Å². The van der Waals surface area contributed by atoms with E-state index in [4.69, 9.17) is 0 Å². The van der Waals surface area contributed by atoms with E-state index < -0.39 is 0 Å². The summed E-state index contributed by atoms with van der Waals surface area (Å²) in [4.78, 5) is 21.7. The summed E-state index contributed by atoms with van der Waals surface area (Å²) in [6, 6.07) is 20.2. The van der Waals surface area contributed by atoms with Crippen molar-refractivity contribution < 1.29 is 4.79 Å². The Labute approximate surface area is 166 Å². The molecule has 1 N–H and O–H groups in total. The molecule has 1 aromatic heterocycles. The highest BCUT2D eigenvalue weighted by Gasteiger charge is 2.18. The second-order valence-electron chi connectivity index (χ2n) is 7.26. The largest absolute Gasteiger partial charge is 0.325 e. The molecule has 0 radical (unpaired) electrons. The molecule has 0 unspecified atom stereocenters. The first-order valence-electron chi connectivity index (χ1n) is 9.90. The lowest BCUT2D eigenvalue weighted by Crippen LogP contribution is -2.46. The Morgan fingerprint density at radius 3 is 2.46 bits per heavy atom. The van der Waals surface area contributed by atoms with Crippen molar-refractivity contribution in [1.82, 2.24) is 14.8 Å². The van der Waals surface area contributed by atoms with Gasteiger partial charge in [-0.25, -0.2) is 0 Å². The number of benzene rings is 2. The summed E-state index contributed by atoms with van der Waals surface area (Å²) in [6.07, 6.45) is 2.36. The Bertz CT molecular complexity index is 915. The van der Waals surface area contributed by atoms with Gasteiger partial charge in [0.25, 0.3) is 0 Å². The average Bonchev–Trinajstić information content (AvgIpc) is 2.74. The van der Waals surface area contributed by atoms with Gasteiger partial charge in [0.15, 0.2) is 0 Å². The number of nitrogens with zero attached hydrogens (tertiary/aromatic N) is 3. The van der Waals surface area contributed by atoms with E-state index in [9.17, 15) is 4.79 Å². The fourth-order valence-electron chi connectivity index (χ4n) is 3.70. The molecular weight excluding hydrogens is 348 g/mol. The zero-order valence-electron chi connectivity index (χ0n) is 16.1. The first-order chi connectivity index (χ1) is 13.8. The molecule has 5 heteroatoms. The monoisotopic (exact) mass is 374 g/mol. The third-order valence-corrected chi connectivity index (χ3v) is 5.30. The maximum absolute atomic E-state index is 12.4. The third kappa shape index (κ3) is 4.74. The number of nitrogens with one attached hydrogen (secondary N) is 1. The number of hydrogen-bond donors (Lipinski definition) is 1. The van der Waals surface area contributed by atoms with Crippen LogP contribution in [0.15, 0.2) is 66.9 Å². The zero-order valence-corrected chi connectivity index (χ0v) is 16.1. The van der Waals surface area contributed by atoms with Gasteiger partial charge in [-0.2, -0.15) is 0 Å². The first kappa shape index (κ1) is 18.6. The summed E-state index contributed by atoms with van der Waals surface area (Å²) in [7, 11) is 0.